The molecule has 0 aliphatic rings. The molecule has 108 valence electrons. The van der Waals surface area contributed by atoms with Crippen LogP contribution in [0.5, 0.6) is 5.75 Å². The van der Waals surface area contributed by atoms with Crippen molar-refractivity contribution in [2.45, 2.75) is 32.6 Å². The van der Waals surface area contributed by atoms with Crippen molar-refractivity contribution in [3.63, 3.8) is 0 Å². The molecule has 19 heavy (non-hydrogen) atoms. The van der Waals surface area contributed by atoms with Crippen molar-refractivity contribution in [3.8, 4) is 5.75 Å². The molecule has 1 atom stereocenters. The first-order chi connectivity index (χ1) is 9.27. The third-order valence-corrected chi connectivity index (χ3v) is 3.41. The lowest BCUT2D eigenvalue weighted by Crippen LogP contribution is -2.85. The quantitative estimate of drug-likeness (QED) is 0.659. The Labute approximate surface area is 117 Å². The van der Waals surface area contributed by atoms with Gasteiger partial charge in [-0.1, -0.05) is 26.0 Å². The van der Waals surface area contributed by atoms with Gasteiger partial charge in [0.05, 0.1) is 13.2 Å². The summed E-state index contributed by atoms with van der Waals surface area (Å²) in [4.78, 5) is 0. The zero-order valence-electron chi connectivity index (χ0n) is 12.5. The van der Waals surface area contributed by atoms with E-state index >= 15 is 0 Å². The van der Waals surface area contributed by atoms with E-state index in [1.165, 1.54) is 12.0 Å². The van der Waals surface area contributed by atoms with E-state index in [9.17, 15) is 0 Å². The minimum atomic E-state index is 0.628. The Morgan fingerprint density at radius 3 is 2.47 bits per heavy atom. The highest BCUT2D eigenvalue weighted by molar-refractivity contribution is 5.29. The molecule has 0 aromatic heterocycles. The Morgan fingerprint density at radius 1 is 1.11 bits per heavy atom. The third-order valence-electron chi connectivity index (χ3n) is 3.41. The number of methoxy groups -OCH3 is 1. The topological polar surface area (TPSA) is 35.1 Å². The number of nitrogens with two attached hydrogens (primary N) is 1. The van der Waals surface area contributed by atoms with Gasteiger partial charge in [-0.25, -0.2) is 0 Å². The van der Waals surface area contributed by atoms with Crippen LogP contribution in [0.25, 0.3) is 0 Å². The third kappa shape index (κ3) is 6.60. The minimum absolute atomic E-state index is 0.628. The summed E-state index contributed by atoms with van der Waals surface area (Å²) >= 11 is 0. The average Bonchev–Trinajstić information content (AvgIpc) is 2.46. The summed E-state index contributed by atoms with van der Waals surface area (Å²) in [6.45, 7) is 8.17. The predicted molar refractivity (Wildman–Crippen MR) is 78.8 cm³/mol. The number of hydrogen-bond acceptors (Lipinski definition) is 2. The largest absolute Gasteiger partial charge is 0.488 e. The molecular formula is C16H28NO2+. The van der Waals surface area contributed by atoms with Crippen molar-refractivity contribution in [3.05, 3.63) is 29.8 Å². The van der Waals surface area contributed by atoms with Gasteiger partial charge in [-0.2, -0.15) is 0 Å². The van der Waals surface area contributed by atoms with E-state index in [2.05, 4.69) is 43.4 Å². The van der Waals surface area contributed by atoms with Gasteiger partial charge in [-0.3, -0.25) is 0 Å². The highest BCUT2D eigenvalue weighted by Crippen LogP contribution is 2.21. The molecule has 0 unspecified atom stereocenters. The second kappa shape index (κ2) is 9.82. The molecule has 0 aliphatic heterocycles. The molecule has 0 heterocycles. The van der Waals surface area contributed by atoms with E-state index in [-0.39, 0.29) is 0 Å². The molecule has 0 bridgehead atoms. The number of benzene rings is 1. The van der Waals surface area contributed by atoms with Crippen LogP contribution < -0.4 is 10.1 Å². The molecule has 2 N–H and O–H groups in total. The van der Waals surface area contributed by atoms with Gasteiger partial charge in [0.15, 0.2) is 0 Å². The molecule has 3 nitrogen and oxygen atoms in total. The van der Waals surface area contributed by atoms with Gasteiger partial charge in [0.2, 0.25) is 0 Å². The second-order valence-corrected chi connectivity index (χ2v) is 4.94. The van der Waals surface area contributed by atoms with Gasteiger partial charge in [0.25, 0.3) is 0 Å². The zero-order chi connectivity index (χ0) is 13.9. The molecule has 1 aromatic rings. The lowest BCUT2D eigenvalue weighted by Gasteiger charge is -2.10. The van der Waals surface area contributed by atoms with Crippen molar-refractivity contribution >= 4 is 0 Å². The maximum absolute atomic E-state index is 5.72. The molecule has 0 radical (unpaired) electrons. The predicted octanol–water partition coefficient (Wildman–Crippen LogP) is 2.18. The van der Waals surface area contributed by atoms with E-state index in [1.807, 2.05) is 0 Å². The van der Waals surface area contributed by atoms with Crippen molar-refractivity contribution in [1.29, 1.82) is 0 Å². The number of quaternary nitrogens is 1. The zero-order valence-corrected chi connectivity index (χ0v) is 12.5. The Kier molecular flexibility index (Phi) is 8.26. The summed E-state index contributed by atoms with van der Waals surface area (Å²) in [6.07, 6.45) is 2.27. The molecule has 1 aromatic carbocycles. The lowest BCUT2D eigenvalue weighted by atomic mass is 9.99. The highest BCUT2D eigenvalue weighted by Gasteiger charge is 2.02. The van der Waals surface area contributed by atoms with E-state index < -0.39 is 0 Å². The minimum Gasteiger partial charge on any atom is -0.488 e. The van der Waals surface area contributed by atoms with E-state index in [4.69, 9.17) is 9.47 Å². The van der Waals surface area contributed by atoms with Crippen molar-refractivity contribution in [1.82, 2.24) is 0 Å². The van der Waals surface area contributed by atoms with Crippen molar-refractivity contribution in [2.24, 2.45) is 0 Å². The smallest absolute Gasteiger partial charge is 0.137 e. The Bertz CT molecular complexity index is 324. The Hall–Kier alpha value is -1.06. The van der Waals surface area contributed by atoms with Crippen LogP contribution >= 0.6 is 0 Å². The fourth-order valence-electron chi connectivity index (χ4n) is 1.90. The van der Waals surface area contributed by atoms with Gasteiger partial charge >= 0.3 is 0 Å². The monoisotopic (exact) mass is 266 g/mol. The molecule has 3 heteroatoms. The maximum Gasteiger partial charge on any atom is 0.137 e. The SMILES string of the molecule is CC[C@@H](C)c1ccc(OCC[NH2+]CCCOC)cc1. The van der Waals surface area contributed by atoms with Gasteiger partial charge < -0.3 is 14.8 Å². The van der Waals surface area contributed by atoms with Crippen LogP contribution in [0.2, 0.25) is 0 Å². The summed E-state index contributed by atoms with van der Waals surface area (Å²) in [6, 6.07) is 8.50. The number of ether oxygens (including phenoxy) is 2. The van der Waals surface area contributed by atoms with Gasteiger partial charge in [-0.15, -0.1) is 0 Å². The molecule has 0 aliphatic carbocycles. The first-order valence-electron chi connectivity index (χ1n) is 7.31. The summed E-state index contributed by atoms with van der Waals surface area (Å²) in [5, 5.41) is 2.27. The Balaban J connectivity index is 2.16. The number of hydrogen-bond donors (Lipinski definition) is 1. The molecule has 0 fully saturated rings. The van der Waals surface area contributed by atoms with Crippen LogP contribution in [0.4, 0.5) is 0 Å². The fourth-order valence-corrected chi connectivity index (χ4v) is 1.90. The summed E-state index contributed by atoms with van der Waals surface area (Å²) in [7, 11) is 1.74. The summed E-state index contributed by atoms with van der Waals surface area (Å²) < 4.78 is 10.7. The van der Waals surface area contributed by atoms with E-state index in [0.29, 0.717) is 5.92 Å². The van der Waals surface area contributed by atoms with Crippen LogP contribution in [-0.2, 0) is 4.74 Å². The fraction of sp³-hybridized carbons (Fsp3) is 0.625. The van der Waals surface area contributed by atoms with Crippen LogP contribution in [-0.4, -0.2) is 33.4 Å². The summed E-state index contributed by atoms with van der Waals surface area (Å²) in [5.41, 5.74) is 1.39. The molecule has 0 amide bonds. The van der Waals surface area contributed by atoms with Crippen LogP contribution in [0.1, 0.15) is 38.2 Å². The molecule has 0 saturated carbocycles. The number of rotatable bonds is 10. The van der Waals surface area contributed by atoms with Crippen molar-refractivity contribution in [2.75, 3.05) is 33.4 Å². The van der Waals surface area contributed by atoms with Crippen LogP contribution in [0.3, 0.4) is 0 Å². The van der Waals surface area contributed by atoms with E-state index in [1.54, 1.807) is 7.11 Å². The Morgan fingerprint density at radius 2 is 1.84 bits per heavy atom. The van der Waals surface area contributed by atoms with Crippen LogP contribution in [0, 0.1) is 0 Å². The van der Waals surface area contributed by atoms with Gasteiger partial charge in [0, 0.05) is 13.5 Å². The molecule has 1 rings (SSSR count). The second-order valence-electron chi connectivity index (χ2n) is 4.94. The van der Waals surface area contributed by atoms with Gasteiger partial charge in [0.1, 0.15) is 18.9 Å². The average molecular weight is 266 g/mol. The summed E-state index contributed by atoms with van der Waals surface area (Å²) in [5.74, 6) is 1.60. The normalized spacial score (nSPS) is 12.4. The standard InChI is InChI=1S/C16H27NO2/c1-4-14(2)15-6-8-16(9-7-15)19-13-11-17-10-5-12-18-3/h6-9,14,17H,4-5,10-13H2,1-3H3/p+1/t14-/m1/s1. The molecule has 0 spiro atoms. The first-order valence-corrected chi connectivity index (χ1v) is 7.31. The molecular weight excluding hydrogens is 238 g/mol. The van der Waals surface area contributed by atoms with Crippen molar-refractivity contribution < 1.29 is 14.8 Å². The lowest BCUT2D eigenvalue weighted by molar-refractivity contribution is -0.655. The van der Waals surface area contributed by atoms with Crippen LogP contribution in [0.15, 0.2) is 24.3 Å². The van der Waals surface area contributed by atoms with E-state index in [0.717, 1.165) is 38.5 Å². The maximum atomic E-state index is 5.72. The highest BCUT2D eigenvalue weighted by atomic mass is 16.5. The first kappa shape index (κ1) is 16.0. The molecule has 0 saturated heterocycles. The van der Waals surface area contributed by atoms with Gasteiger partial charge in [-0.05, 0) is 30.0 Å².